The van der Waals surface area contributed by atoms with Gasteiger partial charge in [-0.2, -0.15) is 10.4 Å². The van der Waals surface area contributed by atoms with Crippen LogP contribution in [-0.2, 0) is 4.79 Å². The number of aromatic nitrogens is 3. The van der Waals surface area contributed by atoms with Gasteiger partial charge in [-0.15, -0.1) is 0 Å². The van der Waals surface area contributed by atoms with Crippen molar-refractivity contribution in [3.05, 3.63) is 58.5 Å². The molecule has 8 heteroatoms. The van der Waals surface area contributed by atoms with E-state index in [4.69, 9.17) is 21.6 Å². The Labute approximate surface area is 161 Å². The number of benzene rings is 1. The fourth-order valence-corrected chi connectivity index (χ4v) is 2.78. The number of hydrogen-bond acceptors (Lipinski definition) is 5. The highest BCUT2D eigenvalue weighted by Gasteiger charge is 2.16. The summed E-state index contributed by atoms with van der Waals surface area (Å²) in [6.45, 7) is 5.13. The van der Waals surface area contributed by atoms with E-state index in [1.165, 1.54) is 13.1 Å². The maximum absolute atomic E-state index is 11.1. The number of carbonyl (C=O) groups excluding carboxylic acids is 1. The summed E-state index contributed by atoms with van der Waals surface area (Å²) in [6.07, 6.45) is 1.53. The number of ether oxygens (including phenoxy) is 1. The van der Waals surface area contributed by atoms with Crippen molar-refractivity contribution in [3.63, 3.8) is 0 Å². The average Bonchev–Trinajstić information content (AvgIpc) is 2.91. The summed E-state index contributed by atoms with van der Waals surface area (Å²) in [5, 5.41) is 16.5. The molecule has 0 radical (unpaired) electrons. The van der Waals surface area contributed by atoms with E-state index in [0.29, 0.717) is 33.6 Å². The number of aryl methyl sites for hydroxylation is 1. The number of pyridine rings is 1. The Morgan fingerprint density at radius 2 is 2.07 bits per heavy atom. The van der Waals surface area contributed by atoms with E-state index in [2.05, 4.69) is 15.4 Å². The number of carbonyl (C=O) groups is 1. The van der Waals surface area contributed by atoms with Crippen LogP contribution in [0.4, 0.5) is 5.82 Å². The van der Waals surface area contributed by atoms with Gasteiger partial charge in [0, 0.05) is 6.92 Å². The normalized spacial score (nSPS) is 10.3. The number of rotatable bonds is 4. The molecule has 0 aliphatic rings. The third-order valence-electron chi connectivity index (χ3n) is 3.80. The molecule has 2 aromatic heterocycles. The van der Waals surface area contributed by atoms with Gasteiger partial charge in [-0.1, -0.05) is 11.6 Å². The summed E-state index contributed by atoms with van der Waals surface area (Å²) in [5.74, 6) is 1.38. The lowest BCUT2D eigenvalue weighted by molar-refractivity contribution is -0.114. The lowest BCUT2D eigenvalue weighted by Gasteiger charge is -2.08. The first kappa shape index (κ1) is 18.4. The Hall–Kier alpha value is -3.37. The third-order valence-corrected chi connectivity index (χ3v) is 4.12. The molecule has 0 saturated heterocycles. The Bertz CT molecular complexity index is 1050. The molecule has 1 N–H and O–H groups in total. The monoisotopic (exact) mass is 381 g/mol. The van der Waals surface area contributed by atoms with Gasteiger partial charge in [-0.3, -0.25) is 4.79 Å². The molecule has 0 aliphatic carbocycles. The minimum absolute atomic E-state index is 0.190. The van der Waals surface area contributed by atoms with Crippen molar-refractivity contribution < 1.29 is 9.53 Å². The number of nitrogens with zero attached hydrogens (tertiary/aromatic N) is 4. The average molecular weight is 382 g/mol. The van der Waals surface area contributed by atoms with Crippen molar-refractivity contribution in [2.24, 2.45) is 0 Å². The predicted octanol–water partition coefficient (Wildman–Crippen LogP) is 4.16. The van der Waals surface area contributed by atoms with Crippen molar-refractivity contribution in [2.45, 2.75) is 20.8 Å². The molecule has 136 valence electrons. The summed E-state index contributed by atoms with van der Waals surface area (Å²) in [6, 6.07) is 10.5. The quantitative estimate of drug-likeness (QED) is 0.732. The molecule has 7 nitrogen and oxygen atoms in total. The molecule has 0 atom stereocenters. The fraction of sp³-hybridized carbons (Fsp3) is 0.158. The molecular formula is C19H16ClN5O2. The molecule has 1 aromatic carbocycles. The minimum Gasteiger partial charge on any atom is -0.452 e. The second kappa shape index (κ2) is 7.48. The number of anilines is 1. The zero-order valence-corrected chi connectivity index (χ0v) is 15.7. The maximum atomic E-state index is 11.1. The van der Waals surface area contributed by atoms with Crippen LogP contribution in [0.1, 0.15) is 23.9 Å². The first-order valence-electron chi connectivity index (χ1n) is 8.06. The summed E-state index contributed by atoms with van der Waals surface area (Å²) < 4.78 is 7.64. The lowest BCUT2D eigenvalue weighted by Crippen LogP contribution is -2.06. The third kappa shape index (κ3) is 3.91. The molecule has 0 spiro atoms. The molecule has 0 unspecified atom stereocenters. The summed E-state index contributed by atoms with van der Waals surface area (Å²) in [4.78, 5) is 15.2. The van der Waals surface area contributed by atoms with E-state index in [-0.39, 0.29) is 5.91 Å². The van der Waals surface area contributed by atoms with Crippen LogP contribution in [0.25, 0.3) is 5.69 Å². The highest BCUT2D eigenvalue weighted by atomic mass is 35.5. The highest BCUT2D eigenvalue weighted by Crippen LogP contribution is 2.31. The Morgan fingerprint density at radius 3 is 2.67 bits per heavy atom. The molecule has 0 aliphatic heterocycles. The smallest absolute Gasteiger partial charge is 0.222 e. The maximum Gasteiger partial charge on any atom is 0.222 e. The molecule has 0 saturated carbocycles. The van der Waals surface area contributed by atoms with Crippen molar-refractivity contribution in [3.8, 4) is 23.3 Å². The number of hydrogen-bond donors (Lipinski definition) is 1. The standard InChI is InChI=1S/C19H16ClN5O2/c1-11-19(27-16-6-7-18(22-10-16)23-13(3)26)12(2)25(24-11)15-5-4-14(9-21)17(20)8-15/h4-8,10H,1-3H3,(H,22,23,26). The van der Waals surface area contributed by atoms with E-state index < -0.39 is 0 Å². The van der Waals surface area contributed by atoms with Gasteiger partial charge >= 0.3 is 0 Å². The Morgan fingerprint density at radius 1 is 1.30 bits per heavy atom. The van der Waals surface area contributed by atoms with E-state index in [1.807, 2.05) is 19.9 Å². The van der Waals surface area contributed by atoms with Crippen LogP contribution in [0.15, 0.2) is 36.5 Å². The molecule has 27 heavy (non-hydrogen) atoms. The van der Waals surface area contributed by atoms with Crippen LogP contribution >= 0.6 is 11.6 Å². The number of nitrogens with one attached hydrogen (secondary N) is 1. The van der Waals surface area contributed by atoms with Gasteiger partial charge in [-0.05, 0) is 44.2 Å². The van der Waals surface area contributed by atoms with Gasteiger partial charge in [-0.25, -0.2) is 9.67 Å². The number of amides is 1. The zero-order valence-electron chi connectivity index (χ0n) is 14.9. The molecule has 1 amide bonds. The topological polar surface area (TPSA) is 92.8 Å². The summed E-state index contributed by atoms with van der Waals surface area (Å²) in [5.41, 5.74) is 2.61. The van der Waals surface area contributed by atoms with E-state index in [9.17, 15) is 4.79 Å². The van der Waals surface area contributed by atoms with Crippen molar-refractivity contribution >= 4 is 23.3 Å². The number of halogens is 1. The van der Waals surface area contributed by atoms with Crippen molar-refractivity contribution in [1.82, 2.24) is 14.8 Å². The van der Waals surface area contributed by atoms with Gasteiger partial charge in [0.05, 0.1) is 28.2 Å². The summed E-state index contributed by atoms with van der Waals surface area (Å²) >= 11 is 6.13. The Kier molecular flexibility index (Phi) is 5.10. The van der Waals surface area contributed by atoms with Crippen LogP contribution in [0.3, 0.4) is 0 Å². The first-order valence-corrected chi connectivity index (χ1v) is 8.44. The second-order valence-corrected chi connectivity index (χ2v) is 6.26. The van der Waals surface area contributed by atoms with Gasteiger partial charge in [0.2, 0.25) is 5.91 Å². The van der Waals surface area contributed by atoms with Gasteiger partial charge in [0.1, 0.15) is 23.3 Å². The largest absolute Gasteiger partial charge is 0.452 e. The predicted molar refractivity (Wildman–Crippen MR) is 101 cm³/mol. The number of nitriles is 1. The van der Waals surface area contributed by atoms with E-state index in [1.54, 1.807) is 35.0 Å². The first-order chi connectivity index (χ1) is 12.9. The van der Waals surface area contributed by atoms with Crippen LogP contribution in [0.5, 0.6) is 11.5 Å². The molecule has 2 heterocycles. The molecule has 0 fully saturated rings. The lowest BCUT2D eigenvalue weighted by atomic mass is 10.2. The minimum atomic E-state index is -0.190. The molecular weight excluding hydrogens is 366 g/mol. The van der Waals surface area contributed by atoms with Crippen molar-refractivity contribution in [1.29, 1.82) is 5.26 Å². The second-order valence-electron chi connectivity index (χ2n) is 5.85. The highest BCUT2D eigenvalue weighted by molar-refractivity contribution is 6.31. The molecule has 3 rings (SSSR count). The van der Waals surface area contributed by atoms with Crippen LogP contribution < -0.4 is 10.1 Å². The van der Waals surface area contributed by atoms with E-state index in [0.717, 1.165) is 11.4 Å². The van der Waals surface area contributed by atoms with Gasteiger partial charge < -0.3 is 10.1 Å². The zero-order chi connectivity index (χ0) is 19.6. The molecule has 3 aromatic rings. The molecule has 0 bridgehead atoms. The van der Waals surface area contributed by atoms with Crippen LogP contribution in [-0.4, -0.2) is 20.7 Å². The summed E-state index contributed by atoms with van der Waals surface area (Å²) in [7, 11) is 0. The van der Waals surface area contributed by atoms with Crippen LogP contribution in [0, 0.1) is 25.2 Å². The fourth-order valence-electron chi connectivity index (χ4n) is 2.57. The Balaban J connectivity index is 1.89. The van der Waals surface area contributed by atoms with Gasteiger partial charge in [0.15, 0.2) is 5.75 Å². The SMILES string of the molecule is CC(=O)Nc1ccc(Oc2c(C)nn(-c3ccc(C#N)c(Cl)c3)c2C)cn1. The van der Waals surface area contributed by atoms with Crippen molar-refractivity contribution in [2.75, 3.05) is 5.32 Å². The van der Waals surface area contributed by atoms with E-state index >= 15 is 0 Å². The van der Waals surface area contributed by atoms with Crippen LogP contribution in [0.2, 0.25) is 5.02 Å². The van der Waals surface area contributed by atoms with Gasteiger partial charge in [0.25, 0.3) is 0 Å².